The lowest BCUT2D eigenvalue weighted by Crippen LogP contribution is -2.33. The molecule has 0 aliphatic carbocycles. The van der Waals surface area contributed by atoms with Crippen LogP contribution in [-0.2, 0) is 11.2 Å². The second-order valence-electron chi connectivity index (χ2n) is 6.92. The summed E-state index contributed by atoms with van der Waals surface area (Å²) in [6.07, 6.45) is 1.25. The van der Waals surface area contributed by atoms with Gasteiger partial charge in [-0.05, 0) is 39.2 Å². The van der Waals surface area contributed by atoms with Crippen LogP contribution in [0.5, 0.6) is 0 Å². The third kappa shape index (κ3) is 6.42. The van der Waals surface area contributed by atoms with Crippen LogP contribution in [0.25, 0.3) is 0 Å². The summed E-state index contributed by atoms with van der Waals surface area (Å²) in [6.45, 7) is 6.07. The van der Waals surface area contributed by atoms with Crippen LogP contribution in [0.2, 0.25) is 0 Å². The van der Waals surface area contributed by atoms with Crippen LogP contribution in [0.15, 0.2) is 54.6 Å². The molecule has 0 saturated carbocycles. The van der Waals surface area contributed by atoms with E-state index < -0.39 is 11.7 Å². The van der Waals surface area contributed by atoms with Gasteiger partial charge >= 0.3 is 6.09 Å². The molecular formula is C21H25NO3. The molecule has 0 aromatic heterocycles. The van der Waals surface area contributed by atoms with Crippen molar-refractivity contribution in [3.05, 3.63) is 71.3 Å². The third-order valence-corrected chi connectivity index (χ3v) is 3.56. The first-order valence-electron chi connectivity index (χ1n) is 8.51. The molecule has 0 atom stereocenters. The molecule has 0 heterocycles. The number of ether oxygens (including phenoxy) is 1. The number of ketones is 1. The average molecular weight is 339 g/mol. The molecule has 1 N–H and O–H groups in total. The minimum absolute atomic E-state index is 0.0266. The molecule has 0 spiro atoms. The van der Waals surface area contributed by atoms with Crippen LogP contribution < -0.4 is 5.32 Å². The Morgan fingerprint density at radius 1 is 0.920 bits per heavy atom. The smallest absolute Gasteiger partial charge is 0.407 e. The number of benzene rings is 2. The van der Waals surface area contributed by atoms with Gasteiger partial charge in [0.2, 0.25) is 0 Å². The molecule has 2 aromatic rings. The zero-order valence-electron chi connectivity index (χ0n) is 15.0. The third-order valence-electron chi connectivity index (χ3n) is 3.56. The molecule has 0 unspecified atom stereocenters. The highest BCUT2D eigenvalue weighted by molar-refractivity contribution is 6.08. The van der Waals surface area contributed by atoms with Crippen molar-refractivity contribution in [1.82, 2.24) is 5.32 Å². The van der Waals surface area contributed by atoms with Crippen LogP contribution in [0.4, 0.5) is 4.79 Å². The number of hydrogen-bond donors (Lipinski definition) is 1. The van der Waals surface area contributed by atoms with E-state index >= 15 is 0 Å². The SMILES string of the molecule is CC(C)(C)OC(=O)NCCCc1ccc(C(=O)c2ccccc2)cc1. The quantitative estimate of drug-likeness (QED) is 0.628. The highest BCUT2D eigenvalue weighted by atomic mass is 16.6. The van der Waals surface area contributed by atoms with E-state index in [-0.39, 0.29) is 5.78 Å². The monoisotopic (exact) mass is 339 g/mol. The van der Waals surface area contributed by atoms with Gasteiger partial charge in [0.1, 0.15) is 5.60 Å². The molecule has 25 heavy (non-hydrogen) atoms. The molecule has 1 amide bonds. The summed E-state index contributed by atoms with van der Waals surface area (Å²) in [6, 6.07) is 16.9. The summed E-state index contributed by atoms with van der Waals surface area (Å²) in [5, 5.41) is 2.75. The zero-order chi connectivity index (χ0) is 18.3. The van der Waals surface area contributed by atoms with Crippen molar-refractivity contribution >= 4 is 11.9 Å². The van der Waals surface area contributed by atoms with Crippen molar-refractivity contribution < 1.29 is 14.3 Å². The number of hydrogen-bond acceptors (Lipinski definition) is 3. The maximum atomic E-state index is 12.3. The molecule has 0 saturated heterocycles. The van der Waals surface area contributed by atoms with Crippen molar-refractivity contribution in [3.8, 4) is 0 Å². The van der Waals surface area contributed by atoms with Crippen molar-refractivity contribution in [1.29, 1.82) is 0 Å². The second kappa shape index (κ2) is 8.47. The van der Waals surface area contributed by atoms with Gasteiger partial charge in [-0.3, -0.25) is 4.79 Å². The van der Waals surface area contributed by atoms with E-state index in [0.29, 0.717) is 17.7 Å². The summed E-state index contributed by atoms with van der Waals surface area (Å²) in [5.74, 6) is 0.0266. The van der Waals surface area contributed by atoms with Crippen molar-refractivity contribution in [2.24, 2.45) is 0 Å². The molecular weight excluding hydrogens is 314 g/mol. The standard InChI is InChI=1S/C21H25NO3/c1-21(2,3)25-20(24)22-15-7-8-16-11-13-18(14-12-16)19(23)17-9-5-4-6-10-17/h4-6,9-14H,7-8,15H2,1-3H3,(H,22,24). The second-order valence-corrected chi connectivity index (χ2v) is 6.92. The molecule has 0 aliphatic rings. The molecule has 132 valence electrons. The fourth-order valence-electron chi connectivity index (χ4n) is 2.38. The van der Waals surface area contributed by atoms with Gasteiger partial charge in [-0.1, -0.05) is 54.6 Å². The van der Waals surface area contributed by atoms with Gasteiger partial charge in [-0.25, -0.2) is 4.79 Å². The molecule has 2 rings (SSSR count). The molecule has 0 aliphatic heterocycles. The van der Waals surface area contributed by atoms with E-state index in [1.54, 1.807) is 0 Å². The Morgan fingerprint density at radius 3 is 2.12 bits per heavy atom. The predicted octanol–water partition coefficient (Wildman–Crippen LogP) is 4.37. The van der Waals surface area contributed by atoms with E-state index in [4.69, 9.17) is 4.74 Å². The van der Waals surface area contributed by atoms with E-state index in [9.17, 15) is 9.59 Å². The summed E-state index contributed by atoms with van der Waals surface area (Å²) in [4.78, 5) is 23.9. The number of carbonyl (C=O) groups excluding carboxylic acids is 2. The molecule has 4 nitrogen and oxygen atoms in total. The van der Waals surface area contributed by atoms with Gasteiger partial charge in [0.05, 0.1) is 0 Å². The summed E-state index contributed by atoms with van der Waals surface area (Å²) >= 11 is 0. The van der Waals surface area contributed by atoms with E-state index in [0.717, 1.165) is 18.4 Å². The van der Waals surface area contributed by atoms with Crippen LogP contribution in [0.3, 0.4) is 0 Å². The highest BCUT2D eigenvalue weighted by Gasteiger charge is 2.15. The number of aryl methyl sites for hydroxylation is 1. The first kappa shape index (κ1) is 18.7. The first-order valence-corrected chi connectivity index (χ1v) is 8.51. The van der Waals surface area contributed by atoms with Gasteiger partial charge in [-0.2, -0.15) is 0 Å². The topological polar surface area (TPSA) is 55.4 Å². The van der Waals surface area contributed by atoms with Crippen molar-refractivity contribution in [2.45, 2.75) is 39.2 Å². The predicted molar refractivity (Wildman–Crippen MR) is 98.9 cm³/mol. The van der Waals surface area contributed by atoms with Gasteiger partial charge in [0.25, 0.3) is 0 Å². The van der Waals surface area contributed by atoms with Gasteiger partial charge in [0, 0.05) is 17.7 Å². The molecule has 2 aromatic carbocycles. The van der Waals surface area contributed by atoms with Gasteiger partial charge in [-0.15, -0.1) is 0 Å². The van der Waals surface area contributed by atoms with Crippen molar-refractivity contribution in [3.63, 3.8) is 0 Å². The van der Waals surface area contributed by atoms with Crippen LogP contribution in [-0.4, -0.2) is 24.0 Å². The van der Waals surface area contributed by atoms with Crippen LogP contribution in [0.1, 0.15) is 48.7 Å². The van der Waals surface area contributed by atoms with E-state index in [1.165, 1.54) is 0 Å². The summed E-state index contributed by atoms with van der Waals surface area (Å²) < 4.78 is 5.19. The Labute approximate surface area is 149 Å². The Hall–Kier alpha value is -2.62. The minimum Gasteiger partial charge on any atom is -0.444 e. The number of alkyl carbamates (subject to hydrolysis) is 1. The maximum Gasteiger partial charge on any atom is 0.407 e. The van der Waals surface area contributed by atoms with Gasteiger partial charge in [0.15, 0.2) is 5.78 Å². The lowest BCUT2D eigenvalue weighted by Gasteiger charge is -2.19. The van der Waals surface area contributed by atoms with E-state index in [1.807, 2.05) is 75.4 Å². The van der Waals surface area contributed by atoms with Crippen molar-refractivity contribution in [2.75, 3.05) is 6.54 Å². The highest BCUT2D eigenvalue weighted by Crippen LogP contribution is 2.12. The Morgan fingerprint density at radius 2 is 1.52 bits per heavy atom. The summed E-state index contributed by atoms with van der Waals surface area (Å²) in [5.41, 5.74) is 2.03. The Balaban J connectivity index is 1.79. The number of amides is 1. The van der Waals surface area contributed by atoms with Crippen LogP contribution in [0, 0.1) is 0 Å². The maximum absolute atomic E-state index is 12.3. The van der Waals surface area contributed by atoms with Gasteiger partial charge < -0.3 is 10.1 Å². The molecule has 0 bridgehead atoms. The van der Waals surface area contributed by atoms with Crippen LogP contribution >= 0.6 is 0 Å². The Bertz CT molecular complexity index is 700. The number of nitrogens with one attached hydrogen (secondary N) is 1. The number of carbonyl (C=O) groups is 2. The molecule has 0 fully saturated rings. The largest absolute Gasteiger partial charge is 0.444 e. The number of rotatable bonds is 6. The lowest BCUT2D eigenvalue weighted by atomic mass is 10.0. The normalized spacial score (nSPS) is 11.0. The van der Waals surface area contributed by atoms with E-state index in [2.05, 4.69) is 5.32 Å². The summed E-state index contributed by atoms with van der Waals surface area (Å²) in [7, 11) is 0. The Kier molecular flexibility index (Phi) is 6.34. The average Bonchev–Trinajstić information content (AvgIpc) is 2.58. The molecule has 4 heteroatoms. The lowest BCUT2D eigenvalue weighted by molar-refractivity contribution is 0.0527. The fourth-order valence-corrected chi connectivity index (χ4v) is 2.38. The minimum atomic E-state index is -0.481. The molecule has 0 radical (unpaired) electrons. The first-order chi connectivity index (χ1) is 11.8. The fraction of sp³-hybridized carbons (Fsp3) is 0.333. The zero-order valence-corrected chi connectivity index (χ0v) is 15.0.